The van der Waals surface area contributed by atoms with E-state index < -0.39 is 11.9 Å². The molecule has 1 N–H and O–H groups in total. The Balaban J connectivity index is 1.62. The van der Waals surface area contributed by atoms with Gasteiger partial charge >= 0.3 is 5.97 Å². The van der Waals surface area contributed by atoms with E-state index in [2.05, 4.69) is 0 Å². The van der Waals surface area contributed by atoms with E-state index in [1.165, 1.54) is 25.7 Å². The molecule has 18 heavy (non-hydrogen) atoms. The molecule has 0 spiro atoms. The van der Waals surface area contributed by atoms with Crippen LogP contribution in [-0.4, -0.2) is 35.0 Å². The van der Waals surface area contributed by atoms with E-state index in [9.17, 15) is 9.59 Å². The second-order valence-corrected chi connectivity index (χ2v) is 6.18. The molecular weight excluding hydrogens is 230 g/mol. The third-order valence-electron chi connectivity index (χ3n) is 5.20. The molecule has 1 saturated heterocycles. The van der Waals surface area contributed by atoms with Crippen molar-refractivity contribution in [3.63, 3.8) is 0 Å². The average molecular weight is 251 g/mol. The number of carbonyl (C=O) groups excluding carboxylic acids is 1. The number of carboxylic acids is 1. The number of carboxylic acid groups (broad SMARTS) is 1. The van der Waals surface area contributed by atoms with Gasteiger partial charge in [0.2, 0.25) is 5.91 Å². The molecule has 3 fully saturated rings. The van der Waals surface area contributed by atoms with Gasteiger partial charge in [-0.1, -0.05) is 12.8 Å². The maximum absolute atomic E-state index is 12.3. The smallest absolute Gasteiger partial charge is 0.307 e. The lowest BCUT2D eigenvalue weighted by molar-refractivity contribution is -0.156. The Hall–Kier alpha value is -1.06. The van der Waals surface area contributed by atoms with Gasteiger partial charge in [-0.15, -0.1) is 0 Å². The minimum absolute atomic E-state index is 0.114. The van der Waals surface area contributed by atoms with Crippen LogP contribution in [0.4, 0.5) is 0 Å². The van der Waals surface area contributed by atoms with Crippen LogP contribution in [0.1, 0.15) is 38.5 Å². The highest BCUT2D eigenvalue weighted by atomic mass is 16.4. The molecule has 2 aliphatic carbocycles. The molecule has 3 aliphatic rings. The summed E-state index contributed by atoms with van der Waals surface area (Å²) < 4.78 is 0. The normalized spacial score (nSPS) is 39.0. The Kier molecular flexibility index (Phi) is 3.04. The van der Waals surface area contributed by atoms with Crippen molar-refractivity contribution in [3.8, 4) is 0 Å². The Bertz CT molecular complexity index is 354. The van der Waals surface area contributed by atoms with Crippen molar-refractivity contribution < 1.29 is 14.7 Å². The third kappa shape index (κ3) is 1.91. The fourth-order valence-corrected chi connectivity index (χ4v) is 3.91. The highest BCUT2D eigenvalue weighted by Crippen LogP contribution is 2.40. The molecule has 0 radical (unpaired) electrons. The van der Waals surface area contributed by atoms with Crippen LogP contribution in [0.25, 0.3) is 0 Å². The van der Waals surface area contributed by atoms with E-state index in [1.807, 2.05) is 4.90 Å². The highest BCUT2D eigenvalue weighted by Gasteiger charge is 2.46. The summed E-state index contributed by atoms with van der Waals surface area (Å²) in [6.45, 7) is 1.76. The van der Waals surface area contributed by atoms with Gasteiger partial charge in [-0.25, -0.2) is 0 Å². The van der Waals surface area contributed by atoms with E-state index >= 15 is 0 Å². The Labute approximate surface area is 107 Å². The van der Waals surface area contributed by atoms with Gasteiger partial charge in [0, 0.05) is 13.1 Å². The first-order valence-corrected chi connectivity index (χ1v) is 7.18. The summed E-state index contributed by atoms with van der Waals surface area (Å²) in [5.41, 5.74) is 0. The Morgan fingerprint density at radius 3 is 1.89 bits per heavy atom. The average Bonchev–Trinajstić information content (AvgIpc) is 2.69. The highest BCUT2D eigenvalue weighted by molar-refractivity contribution is 5.86. The molecule has 3 rings (SSSR count). The quantitative estimate of drug-likeness (QED) is 0.813. The largest absolute Gasteiger partial charge is 0.481 e. The predicted octanol–water partition coefficient (Wildman–Crippen LogP) is 1.75. The standard InChI is InChI=1S/C14H21NO3/c16-13(11-5-6-12(11)14(17)18)15-7-9-3-1-2-4-10(9)8-15/h9-12H,1-8H2,(H,17,18). The summed E-state index contributed by atoms with van der Waals surface area (Å²) in [6.07, 6.45) is 6.53. The van der Waals surface area contributed by atoms with Crippen molar-refractivity contribution in [2.24, 2.45) is 23.7 Å². The molecule has 1 aliphatic heterocycles. The van der Waals surface area contributed by atoms with Crippen molar-refractivity contribution >= 4 is 11.9 Å². The molecule has 0 aromatic rings. The number of fused-ring (bicyclic) bond motifs is 1. The molecule has 4 unspecified atom stereocenters. The van der Waals surface area contributed by atoms with Gasteiger partial charge in [0.25, 0.3) is 0 Å². The number of likely N-dealkylation sites (tertiary alicyclic amines) is 1. The lowest BCUT2D eigenvalue weighted by atomic mass is 9.73. The lowest BCUT2D eigenvalue weighted by Crippen LogP contribution is -2.45. The molecular formula is C14H21NO3. The molecule has 0 aromatic carbocycles. The van der Waals surface area contributed by atoms with E-state index in [0.717, 1.165) is 19.5 Å². The van der Waals surface area contributed by atoms with Crippen molar-refractivity contribution in [3.05, 3.63) is 0 Å². The van der Waals surface area contributed by atoms with Gasteiger partial charge in [-0.2, -0.15) is 0 Å². The molecule has 4 atom stereocenters. The van der Waals surface area contributed by atoms with Crippen molar-refractivity contribution in [1.82, 2.24) is 4.90 Å². The summed E-state index contributed by atoms with van der Waals surface area (Å²) in [5, 5.41) is 9.03. The van der Waals surface area contributed by atoms with Crippen LogP contribution >= 0.6 is 0 Å². The van der Waals surface area contributed by atoms with Crippen molar-refractivity contribution in [2.45, 2.75) is 38.5 Å². The molecule has 0 aromatic heterocycles. The number of amides is 1. The number of carbonyl (C=O) groups is 2. The van der Waals surface area contributed by atoms with E-state index in [1.54, 1.807) is 0 Å². The minimum atomic E-state index is -0.795. The van der Waals surface area contributed by atoms with Crippen LogP contribution in [0.3, 0.4) is 0 Å². The fraction of sp³-hybridized carbons (Fsp3) is 0.857. The van der Waals surface area contributed by atoms with Gasteiger partial charge in [0.1, 0.15) is 0 Å². The summed E-state index contributed by atoms with van der Waals surface area (Å²) >= 11 is 0. The van der Waals surface area contributed by atoms with Crippen LogP contribution in [-0.2, 0) is 9.59 Å². The monoisotopic (exact) mass is 251 g/mol. The number of rotatable bonds is 2. The zero-order valence-electron chi connectivity index (χ0n) is 10.7. The van der Waals surface area contributed by atoms with Crippen LogP contribution < -0.4 is 0 Å². The first-order chi connectivity index (χ1) is 8.66. The molecule has 0 bridgehead atoms. The lowest BCUT2D eigenvalue weighted by Gasteiger charge is -2.35. The molecule has 1 heterocycles. The predicted molar refractivity (Wildman–Crippen MR) is 65.9 cm³/mol. The number of hydrogen-bond donors (Lipinski definition) is 1. The van der Waals surface area contributed by atoms with Gasteiger partial charge in [-0.3, -0.25) is 9.59 Å². The van der Waals surface area contributed by atoms with Crippen molar-refractivity contribution in [2.75, 3.05) is 13.1 Å². The summed E-state index contributed by atoms with van der Waals surface area (Å²) in [6, 6.07) is 0. The Morgan fingerprint density at radius 1 is 0.889 bits per heavy atom. The number of hydrogen-bond acceptors (Lipinski definition) is 2. The Morgan fingerprint density at radius 2 is 1.44 bits per heavy atom. The summed E-state index contributed by atoms with van der Waals surface area (Å²) in [5.74, 6) is 0.0409. The maximum atomic E-state index is 12.3. The molecule has 1 amide bonds. The third-order valence-corrected chi connectivity index (χ3v) is 5.20. The van der Waals surface area contributed by atoms with Crippen molar-refractivity contribution in [1.29, 1.82) is 0 Å². The van der Waals surface area contributed by atoms with Gasteiger partial charge in [0.15, 0.2) is 0 Å². The number of nitrogens with zero attached hydrogens (tertiary/aromatic N) is 1. The minimum Gasteiger partial charge on any atom is -0.481 e. The second-order valence-electron chi connectivity index (χ2n) is 6.18. The molecule has 4 nitrogen and oxygen atoms in total. The van der Waals surface area contributed by atoms with Crippen LogP contribution in [0, 0.1) is 23.7 Å². The SMILES string of the molecule is O=C(O)C1CCC1C(=O)N1CC2CCCCC2C1. The molecule has 2 saturated carbocycles. The van der Waals surface area contributed by atoms with E-state index in [-0.39, 0.29) is 11.8 Å². The first kappa shape index (κ1) is 12.0. The summed E-state index contributed by atoms with van der Waals surface area (Å²) in [4.78, 5) is 25.3. The second kappa shape index (κ2) is 4.56. The van der Waals surface area contributed by atoms with Gasteiger partial charge < -0.3 is 10.0 Å². The zero-order chi connectivity index (χ0) is 12.7. The first-order valence-electron chi connectivity index (χ1n) is 7.18. The zero-order valence-corrected chi connectivity index (χ0v) is 10.7. The maximum Gasteiger partial charge on any atom is 0.307 e. The van der Waals surface area contributed by atoms with E-state index in [4.69, 9.17) is 5.11 Å². The molecule has 4 heteroatoms. The topological polar surface area (TPSA) is 57.6 Å². The van der Waals surface area contributed by atoms with E-state index in [0.29, 0.717) is 18.3 Å². The van der Waals surface area contributed by atoms with Crippen LogP contribution in [0.5, 0.6) is 0 Å². The summed E-state index contributed by atoms with van der Waals surface area (Å²) in [7, 11) is 0. The van der Waals surface area contributed by atoms with Gasteiger partial charge in [-0.05, 0) is 37.5 Å². The molecule has 100 valence electrons. The fourth-order valence-electron chi connectivity index (χ4n) is 3.91. The van der Waals surface area contributed by atoms with Crippen LogP contribution in [0.2, 0.25) is 0 Å². The van der Waals surface area contributed by atoms with Crippen LogP contribution in [0.15, 0.2) is 0 Å². The number of aliphatic carboxylic acids is 1. The van der Waals surface area contributed by atoms with Gasteiger partial charge in [0.05, 0.1) is 11.8 Å².